The van der Waals surface area contributed by atoms with Crippen LogP contribution >= 0.6 is 0 Å². The maximum absolute atomic E-state index is 12.1. The topological polar surface area (TPSA) is 29.1 Å². The van der Waals surface area contributed by atoms with Crippen LogP contribution in [0.5, 0.6) is 0 Å². The van der Waals surface area contributed by atoms with Crippen molar-refractivity contribution in [2.75, 3.05) is 6.54 Å². The molecular weight excluding hydrogens is 210 g/mol. The summed E-state index contributed by atoms with van der Waals surface area (Å²) in [6.45, 7) is 4.98. The van der Waals surface area contributed by atoms with Gasteiger partial charge in [0.2, 0.25) is 0 Å². The highest BCUT2D eigenvalue weighted by Crippen LogP contribution is 2.24. The molecule has 0 atom stereocenters. The largest absolute Gasteiger partial charge is 0.352 e. The van der Waals surface area contributed by atoms with Crippen LogP contribution in [0.15, 0.2) is 18.2 Å². The first-order valence-electron chi connectivity index (χ1n) is 6.57. The molecule has 1 aliphatic rings. The molecule has 0 fully saturated rings. The Morgan fingerprint density at radius 3 is 2.82 bits per heavy atom. The molecule has 0 saturated heterocycles. The highest BCUT2D eigenvalue weighted by molar-refractivity contribution is 5.96. The van der Waals surface area contributed by atoms with Gasteiger partial charge >= 0.3 is 0 Å². The molecule has 1 aliphatic carbocycles. The Hall–Kier alpha value is -1.31. The summed E-state index contributed by atoms with van der Waals surface area (Å²) >= 11 is 0. The Kier molecular flexibility index (Phi) is 3.82. The quantitative estimate of drug-likeness (QED) is 0.851. The van der Waals surface area contributed by atoms with E-state index in [2.05, 4.69) is 25.2 Å². The Balaban J connectivity index is 2.17. The Bertz CT molecular complexity index is 409. The summed E-state index contributed by atoms with van der Waals surface area (Å²) < 4.78 is 0. The number of carbonyl (C=O) groups excluding carboxylic acids is 1. The molecule has 0 saturated carbocycles. The minimum absolute atomic E-state index is 0.0949. The standard InChI is InChI=1S/C15H21NO/c1-11(2)10-16-15(17)14-9-5-7-12-6-3-4-8-13(12)14/h5,7,9,11H,3-4,6,8,10H2,1-2H3,(H,16,17). The number of carbonyl (C=O) groups is 1. The molecule has 0 bridgehead atoms. The van der Waals surface area contributed by atoms with Gasteiger partial charge in [-0.3, -0.25) is 4.79 Å². The van der Waals surface area contributed by atoms with Gasteiger partial charge in [-0.05, 0) is 48.8 Å². The highest BCUT2D eigenvalue weighted by Gasteiger charge is 2.17. The van der Waals surface area contributed by atoms with Crippen molar-refractivity contribution >= 4 is 5.91 Å². The van der Waals surface area contributed by atoms with Crippen LogP contribution in [-0.4, -0.2) is 12.5 Å². The van der Waals surface area contributed by atoms with Crippen molar-refractivity contribution in [2.45, 2.75) is 39.5 Å². The molecule has 92 valence electrons. The molecule has 1 aromatic rings. The van der Waals surface area contributed by atoms with E-state index in [4.69, 9.17) is 0 Å². The molecule has 0 spiro atoms. The average Bonchev–Trinajstić information content (AvgIpc) is 2.35. The van der Waals surface area contributed by atoms with E-state index < -0.39 is 0 Å². The zero-order valence-electron chi connectivity index (χ0n) is 10.8. The maximum atomic E-state index is 12.1. The lowest BCUT2D eigenvalue weighted by atomic mass is 9.88. The van der Waals surface area contributed by atoms with Gasteiger partial charge in [0.25, 0.3) is 5.91 Å². The fourth-order valence-electron chi connectivity index (χ4n) is 2.39. The van der Waals surface area contributed by atoms with Crippen LogP contribution in [0.4, 0.5) is 0 Å². The number of nitrogens with one attached hydrogen (secondary N) is 1. The molecular formula is C15H21NO. The summed E-state index contributed by atoms with van der Waals surface area (Å²) in [5.74, 6) is 0.593. The summed E-state index contributed by atoms with van der Waals surface area (Å²) in [5.41, 5.74) is 3.54. The van der Waals surface area contributed by atoms with Gasteiger partial charge in [0, 0.05) is 12.1 Å². The third-order valence-electron chi connectivity index (χ3n) is 3.31. The molecule has 2 heteroatoms. The predicted octanol–water partition coefficient (Wildman–Crippen LogP) is 2.95. The molecule has 2 rings (SSSR count). The number of hydrogen-bond donors (Lipinski definition) is 1. The van der Waals surface area contributed by atoms with Crippen molar-refractivity contribution in [1.82, 2.24) is 5.32 Å². The molecule has 0 radical (unpaired) electrons. The van der Waals surface area contributed by atoms with Crippen molar-refractivity contribution < 1.29 is 4.79 Å². The van der Waals surface area contributed by atoms with Crippen molar-refractivity contribution in [3.63, 3.8) is 0 Å². The first-order chi connectivity index (χ1) is 8.18. The van der Waals surface area contributed by atoms with E-state index in [1.807, 2.05) is 12.1 Å². The van der Waals surface area contributed by atoms with Gasteiger partial charge in [-0.2, -0.15) is 0 Å². The van der Waals surface area contributed by atoms with Gasteiger partial charge in [0.15, 0.2) is 0 Å². The molecule has 1 aromatic carbocycles. The van der Waals surface area contributed by atoms with Gasteiger partial charge < -0.3 is 5.32 Å². The van der Waals surface area contributed by atoms with Gasteiger partial charge in [-0.15, -0.1) is 0 Å². The second-order valence-electron chi connectivity index (χ2n) is 5.25. The van der Waals surface area contributed by atoms with Crippen LogP contribution in [0.3, 0.4) is 0 Å². The van der Waals surface area contributed by atoms with Crippen molar-refractivity contribution in [3.8, 4) is 0 Å². The monoisotopic (exact) mass is 231 g/mol. The molecule has 0 aliphatic heterocycles. The number of hydrogen-bond acceptors (Lipinski definition) is 1. The van der Waals surface area contributed by atoms with E-state index in [0.29, 0.717) is 5.92 Å². The van der Waals surface area contributed by atoms with E-state index >= 15 is 0 Å². The average molecular weight is 231 g/mol. The lowest BCUT2D eigenvalue weighted by molar-refractivity contribution is 0.0947. The van der Waals surface area contributed by atoms with Gasteiger partial charge in [-0.25, -0.2) is 0 Å². The SMILES string of the molecule is CC(C)CNC(=O)c1cccc2c1CCCC2. The Morgan fingerprint density at radius 2 is 2.06 bits per heavy atom. The van der Waals surface area contributed by atoms with Crippen molar-refractivity contribution in [1.29, 1.82) is 0 Å². The third kappa shape index (κ3) is 2.87. The van der Waals surface area contributed by atoms with E-state index in [1.165, 1.54) is 24.0 Å². The molecule has 0 unspecified atom stereocenters. The number of aryl methyl sites for hydroxylation is 1. The zero-order valence-corrected chi connectivity index (χ0v) is 10.8. The summed E-state index contributed by atoms with van der Waals surface area (Å²) in [6.07, 6.45) is 4.65. The molecule has 1 N–H and O–H groups in total. The normalized spacial score (nSPS) is 14.5. The first-order valence-corrected chi connectivity index (χ1v) is 6.57. The van der Waals surface area contributed by atoms with Crippen LogP contribution in [-0.2, 0) is 12.8 Å². The van der Waals surface area contributed by atoms with Crippen molar-refractivity contribution in [3.05, 3.63) is 34.9 Å². The summed E-state index contributed by atoms with van der Waals surface area (Å²) in [7, 11) is 0. The van der Waals surface area contributed by atoms with E-state index in [0.717, 1.165) is 24.9 Å². The van der Waals surface area contributed by atoms with Crippen LogP contribution in [0.1, 0.15) is 48.2 Å². The number of fused-ring (bicyclic) bond motifs is 1. The summed E-state index contributed by atoms with van der Waals surface area (Å²) in [5, 5.41) is 3.01. The smallest absolute Gasteiger partial charge is 0.251 e. The fraction of sp³-hybridized carbons (Fsp3) is 0.533. The summed E-state index contributed by atoms with van der Waals surface area (Å²) in [4.78, 5) is 12.1. The predicted molar refractivity (Wildman–Crippen MR) is 70.3 cm³/mol. The van der Waals surface area contributed by atoms with Crippen LogP contribution in [0.2, 0.25) is 0 Å². The van der Waals surface area contributed by atoms with Gasteiger partial charge in [0.1, 0.15) is 0 Å². The lowest BCUT2D eigenvalue weighted by Crippen LogP contribution is -2.28. The maximum Gasteiger partial charge on any atom is 0.251 e. The van der Waals surface area contributed by atoms with E-state index in [1.54, 1.807) is 0 Å². The number of amides is 1. The van der Waals surface area contributed by atoms with E-state index in [9.17, 15) is 4.79 Å². The van der Waals surface area contributed by atoms with Gasteiger partial charge in [-0.1, -0.05) is 26.0 Å². The number of benzene rings is 1. The van der Waals surface area contributed by atoms with Crippen LogP contribution in [0.25, 0.3) is 0 Å². The molecule has 17 heavy (non-hydrogen) atoms. The van der Waals surface area contributed by atoms with Crippen LogP contribution in [0, 0.1) is 5.92 Å². The lowest BCUT2D eigenvalue weighted by Gasteiger charge is -2.19. The molecule has 0 heterocycles. The zero-order chi connectivity index (χ0) is 12.3. The fourth-order valence-corrected chi connectivity index (χ4v) is 2.39. The second kappa shape index (κ2) is 5.35. The number of rotatable bonds is 3. The van der Waals surface area contributed by atoms with Crippen LogP contribution < -0.4 is 5.32 Å². The molecule has 1 amide bonds. The van der Waals surface area contributed by atoms with Crippen molar-refractivity contribution in [2.24, 2.45) is 5.92 Å². The minimum Gasteiger partial charge on any atom is -0.352 e. The summed E-state index contributed by atoms with van der Waals surface area (Å²) in [6, 6.07) is 6.13. The Morgan fingerprint density at radius 1 is 1.29 bits per heavy atom. The molecule has 2 nitrogen and oxygen atoms in total. The third-order valence-corrected chi connectivity index (χ3v) is 3.31. The highest BCUT2D eigenvalue weighted by atomic mass is 16.1. The minimum atomic E-state index is 0.0949. The van der Waals surface area contributed by atoms with Gasteiger partial charge in [0.05, 0.1) is 0 Å². The second-order valence-corrected chi connectivity index (χ2v) is 5.25. The first kappa shape index (κ1) is 12.2. The molecule has 0 aromatic heterocycles. The Labute approximate surface area is 103 Å². The van der Waals surface area contributed by atoms with E-state index in [-0.39, 0.29) is 5.91 Å².